The molecule has 0 aliphatic heterocycles. The molecule has 1 aliphatic carbocycles. The van der Waals surface area contributed by atoms with Crippen LogP contribution in [0.4, 0.5) is 0 Å². The van der Waals surface area contributed by atoms with Gasteiger partial charge in [0.2, 0.25) is 0 Å². The molecule has 0 unspecified atom stereocenters. The third-order valence-corrected chi connectivity index (χ3v) is 3.24. The number of benzene rings is 1. The van der Waals surface area contributed by atoms with Gasteiger partial charge < -0.3 is 10.1 Å². The van der Waals surface area contributed by atoms with Gasteiger partial charge in [-0.15, -0.1) is 0 Å². The van der Waals surface area contributed by atoms with Crippen LogP contribution in [0.2, 0.25) is 0 Å². The molecule has 1 saturated carbocycles. The summed E-state index contributed by atoms with van der Waals surface area (Å²) in [5, 5.41) is 3.16. The van der Waals surface area contributed by atoms with Crippen LogP contribution in [-0.4, -0.2) is 20.2 Å². The lowest BCUT2D eigenvalue weighted by atomic mass is 10.1. The Kier molecular flexibility index (Phi) is 4.24. The van der Waals surface area contributed by atoms with Crippen LogP contribution in [0.15, 0.2) is 22.7 Å². The highest BCUT2D eigenvalue weighted by molar-refractivity contribution is 9.10. The van der Waals surface area contributed by atoms with Gasteiger partial charge in [-0.1, -0.05) is 15.9 Å². The summed E-state index contributed by atoms with van der Waals surface area (Å²) in [7, 11) is 1.97. The van der Waals surface area contributed by atoms with Crippen LogP contribution in [0.1, 0.15) is 18.4 Å². The molecule has 1 fully saturated rings. The molecule has 2 rings (SSSR count). The predicted octanol–water partition coefficient (Wildman–Crippen LogP) is 3.00. The molecule has 88 valence electrons. The van der Waals surface area contributed by atoms with Crippen molar-refractivity contribution < 1.29 is 4.74 Å². The number of hydrogen-bond donors (Lipinski definition) is 1. The summed E-state index contributed by atoms with van der Waals surface area (Å²) in [5.74, 6) is 1.80. The Bertz CT molecular complexity index is 350. The minimum Gasteiger partial charge on any atom is -0.493 e. The molecule has 0 heterocycles. The summed E-state index contributed by atoms with van der Waals surface area (Å²) in [4.78, 5) is 0. The zero-order valence-corrected chi connectivity index (χ0v) is 11.2. The first-order chi connectivity index (χ1) is 7.78. The van der Waals surface area contributed by atoms with Crippen LogP contribution in [-0.2, 0) is 6.42 Å². The van der Waals surface area contributed by atoms with Gasteiger partial charge in [0.05, 0.1) is 6.61 Å². The number of hydrogen-bond acceptors (Lipinski definition) is 2. The summed E-state index contributed by atoms with van der Waals surface area (Å²) in [6.07, 6.45) is 3.71. The molecule has 0 aromatic heterocycles. The van der Waals surface area contributed by atoms with Crippen molar-refractivity contribution in [2.45, 2.75) is 19.3 Å². The quantitative estimate of drug-likeness (QED) is 0.867. The molecule has 0 bridgehead atoms. The Balaban J connectivity index is 1.96. The minimum absolute atomic E-state index is 0.805. The molecule has 0 amide bonds. The van der Waals surface area contributed by atoms with E-state index in [1.807, 2.05) is 13.1 Å². The zero-order chi connectivity index (χ0) is 11.4. The maximum absolute atomic E-state index is 5.78. The molecule has 0 atom stereocenters. The fourth-order valence-corrected chi connectivity index (χ4v) is 2.14. The number of likely N-dealkylation sites (N-methyl/N-ethyl adjacent to an activating group) is 1. The van der Waals surface area contributed by atoms with Crippen LogP contribution < -0.4 is 10.1 Å². The van der Waals surface area contributed by atoms with Crippen LogP contribution in [0, 0.1) is 5.92 Å². The Morgan fingerprint density at radius 3 is 2.88 bits per heavy atom. The predicted molar refractivity (Wildman–Crippen MR) is 70.0 cm³/mol. The Morgan fingerprint density at radius 2 is 2.19 bits per heavy atom. The van der Waals surface area contributed by atoms with Gasteiger partial charge in [0.25, 0.3) is 0 Å². The normalized spacial score (nSPS) is 15.1. The first-order valence-electron chi connectivity index (χ1n) is 5.85. The van der Waals surface area contributed by atoms with E-state index in [1.165, 1.54) is 18.4 Å². The van der Waals surface area contributed by atoms with Crippen molar-refractivity contribution in [1.82, 2.24) is 5.32 Å². The van der Waals surface area contributed by atoms with Gasteiger partial charge in [-0.25, -0.2) is 0 Å². The van der Waals surface area contributed by atoms with E-state index in [2.05, 4.69) is 33.4 Å². The van der Waals surface area contributed by atoms with Gasteiger partial charge in [0.1, 0.15) is 5.75 Å². The number of ether oxygens (including phenoxy) is 1. The van der Waals surface area contributed by atoms with E-state index in [0.29, 0.717) is 0 Å². The molecular formula is C13H18BrNO. The average Bonchev–Trinajstić information content (AvgIpc) is 3.07. The molecule has 1 aliphatic rings. The fraction of sp³-hybridized carbons (Fsp3) is 0.538. The topological polar surface area (TPSA) is 21.3 Å². The summed E-state index contributed by atoms with van der Waals surface area (Å²) in [6.45, 7) is 1.88. The van der Waals surface area contributed by atoms with Gasteiger partial charge in [-0.3, -0.25) is 0 Å². The van der Waals surface area contributed by atoms with Crippen molar-refractivity contribution in [2.75, 3.05) is 20.2 Å². The van der Waals surface area contributed by atoms with E-state index < -0.39 is 0 Å². The van der Waals surface area contributed by atoms with E-state index in [9.17, 15) is 0 Å². The lowest BCUT2D eigenvalue weighted by molar-refractivity contribution is 0.299. The van der Waals surface area contributed by atoms with Gasteiger partial charge in [0, 0.05) is 4.47 Å². The lowest BCUT2D eigenvalue weighted by Gasteiger charge is -2.08. The largest absolute Gasteiger partial charge is 0.493 e. The number of halogens is 1. The van der Waals surface area contributed by atoms with Crippen molar-refractivity contribution in [3.05, 3.63) is 28.2 Å². The van der Waals surface area contributed by atoms with Gasteiger partial charge in [-0.2, -0.15) is 0 Å². The highest BCUT2D eigenvalue weighted by Crippen LogP contribution is 2.30. The Morgan fingerprint density at radius 1 is 1.38 bits per heavy atom. The molecule has 0 saturated heterocycles. The Hall–Kier alpha value is -0.540. The van der Waals surface area contributed by atoms with E-state index in [0.717, 1.165) is 35.7 Å². The van der Waals surface area contributed by atoms with Crippen molar-refractivity contribution >= 4 is 15.9 Å². The molecule has 0 spiro atoms. The average molecular weight is 284 g/mol. The zero-order valence-electron chi connectivity index (χ0n) is 9.63. The first-order valence-corrected chi connectivity index (χ1v) is 6.64. The SMILES string of the molecule is CNCCc1cc(Br)cc(OCC2CC2)c1. The van der Waals surface area contributed by atoms with E-state index in [4.69, 9.17) is 4.74 Å². The molecule has 3 heteroatoms. The third kappa shape index (κ3) is 3.80. The van der Waals surface area contributed by atoms with Gasteiger partial charge in [0.15, 0.2) is 0 Å². The maximum Gasteiger partial charge on any atom is 0.120 e. The first kappa shape index (κ1) is 11.9. The van der Waals surface area contributed by atoms with Gasteiger partial charge in [-0.05, 0) is 62.5 Å². The second-order valence-electron chi connectivity index (χ2n) is 4.40. The van der Waals surface area contributed by atoms with E-state index in [-0.39, 0.29) is 0 Å². The second kappa shape index (κ2) is 5.69. The van der Waals surface area contributed by atoms with Crippen molar-refractivity contribution in [1.29, 1.82) is 0 Å². The summed E-state index contributed by atoms with van der Waals surface area (Å²) in [6, 6.07) is 6.34. The van der Waals surface area contributed by atoms with Crippen LogP contribution in [0.25, 0.3) is 0 Å². The molecular weight excluding hydrogens is 266 g/mol. The van der Waals surface area contributed by atoms with Crippen LogP contribution in [0.5, 0.6) is 5.75 Å². The summed E-state index contributed by atoms with van der Waals surface area (Å²) >= 11 is 3.53. The summed E-state index contributed by atoms with van der Waals surface area (Å²) in [5.41, 5.74) is 1.31. The molecule has 0 radical (unpaired) electrons. The summed E-state index contributed by atoms with van der Waals surface area (Å²) < 4.78 is 6.88. The maximum atomic E-state index is 5.78. The molecule has 1 aromatic rings. The molecule has 16 heavy (non-hydrogen) atoms. The Labute approximate surface area is 106 Å². The van der Waals surface area contributed by atoms with Crippen LogP contribution in [0.3, 0.4) is 0 Å². The lowest BCUT2D eigenvalue weighted by Crippen LogP contribution is -2.10. The monoisotopic (exact) mass is 283 g/mol. The highest BCUT2D eigenvalue weighted by Gasteiger charge is 2.21. The van der Waals surface area contributed by atoms with Crippen LogP contribution >= 0.6 is 15.9 Å². The van der Waals surface area contributed by atoms with Gasteiger partial charge >= 0.3 is 0 Å². The highest BCUT2D eigenvalue weighted by atomic mass is 79.9. The number of nitrogens with one attached hydrogen (secondary N) is 1. The molecule has 2 nitrogen and oxygen atoms in total. The molecule has 1 aromatic carbocycles. The molecule has 1 N–H and O–H groups in total. The van der Waals surface area contributed by atoms with E-state index >= 15 is 0 Å². The minimum atomic E-state index is 0.805. The second-order valence-corrected chi connectivity index (χ2v) is 5.32. The van der Waals surface area contributed by atoms with Crippen molar-refractivity contribution in [2.24, 2.45) is 5.92 Å². The fourth-order valence-electron chi connectivity index (χ4n) is 1.62. The number of rotatable bonds is 6. The third-order valence-electron chi connectivity index (χ3n) is 2.78. The standard InChI is InChI=1S/C13H18BrNO/c1-15-5-4-11-6-12(14)8-13(7-11)16-9-10-2-3-10/h6-8,10,15H,2-5,9H2,1H3. The van der Waals surface area contributed by atoms with Crippen molar-refractivity contribution in [3.8, 4) is 5.75 Å². The van der Waals surface area contributed by atoms with Crippen molar-refractivity contribution in [3.63, 3.8) is 0 Å². The smallest absolute Gasteiger partial charge is 0.120 e. The van der Waals surface area contributed by atoms with E-state index in [1.54, 1.807) is 0 Å².